The highest BCUT2D eigenvalue weighted by Crippen LogP contribution is 2.22. The lowest BCUT2D eigenvalue weighted by molar-refractivity contribution is -0.00805. The summed E-state index contributed by atoms with van der Waals surface area (Å²) < 4.78 is 10.00. The van der Waals surface area contributed by atoms with Crippen LogP contribution in [-0.4, -0.2) is 61.6 Å². The van der Waals surface area contributed by atoms with Gasteiger partial charge in [0.15, 0.2) is 11.8 Å². The van der Waals surface area contributed by atoms with Gasteiger partial charge in [-0.3, -0.25) is 4.68 Å². The summed E-state index contributed by atoms with van der Waals surface area (Å²) in [5.41, 5.74) is 1.10. The van der Waals surface area contributed by atoms with Gasteiger partial charge in [-0.05, 0) is 19.8 Å². The Kier molecular flexibility index (Phi) is 7.27. The van der Waals surface area contributed by atoms with Gasteiger partial charge in [-0.25, -0.2) is 4.99 Å². The van der Waals surface area contributed by atoms with Crippen molar-refractivity contribution in [3.8, 4) is 0 Å². The van der Waals surface area contributed by atoms with Gasteiger partial charge in [-0.2, -0.15) is 5.10 Å². The highest BCUT2D eigenvalue weighted by molar-refractivity contribution is 14.0. The third-order valence-corrected chi connectivity index (χ3v) is 5.10. The molecule has 28 heavy (non-hydrogen) atoms. The SMILES string of the molecule is CCNC(=NCc1nnc2n1CCCC2)N1CCOC(c2cnn(C)c2)C1.I. The highest BCUT2D eigenvalue weighted by Gasteiger charge is 2.25. The van der Waals surface area contributed by atoms with Crippen molar-refractivity contribution in [1.82, 2.24) is 34.8 Å². The number of aryl methyl sites for hydroxylation is 2. The zero-order valence-corrected chi connectivity index (χ0v) is 18.9. The van der Waals surface area contributed by atoms with E-state index in [1.807, 2.05) is 24.1 Å². The summed E-state index contributed by atoms with van der Waals surface area (Å²) in [7, 11) is 1.93. The van der Waals surface area contributed by atoms with Crippen molar-refractivity contribution in [2.24, 2.45) is 12.0 Å². The van der Waals surface area contributed by atoms with E-state index < -0.39 is 0 Å². The van der Waals surface area contributed by atoms with Crippen LogP contribution in [0.5, 0.6) is 0 Å². The minimum Gasteiger partial charge on any atom is -0.370 e. The van der Waals surface area contributed by atoms with Crippen molar-refractivity contribution in [3.63, 3.8) is 0 Å². The molecule has 1 unspecified atom stereocenters. The minimum absolute atomic E-state index is 0. The molecule has 1 atom stereocenters. The van der Waals surface area contributed by atoms with Crippen LogP contribution in [0.2, 0.25) is 0 Å². The first-order valence-electron chi connectivity index (χ1n) is 9.79. The molecule has 0 radical (unpaired) electrons. The average Bonchev–Trinajstić information content (AvgIpc) is 3.32. The monoisotopic (exact) mass is 500 g/mol. The second-order valence-electron chi connectivity index (χ2n) is 7.06. The Morgan fingerprint density at radius 2 is 2.21 bits per heavy atom. The summed E-state index contributed by atoms with van der Waals surface area (Å²) in [4.78, 5) is 7.11. The van der Waals surface area contributed by atoms with Crippen LogP contribution in [0.15, 0.2) is 17.4 Å². The average molecular weight is 500 g/mol. The maximum absolute atomic E-state index is 5.96. The fourth-order valence-corrected chi connectivity index (χ4v) is 3.71. The van der Waals surface area contributed by atoms with Crippen molar-refractivity contribution in [1.29, 1.82) is 0 Å². The Hall–Kier alpha value is -1.69. The Morgan fingerprint density at radius 1 is 1.32 bits per heavy atom. The van der Waals surface area contributed by atoms with Crippen LogP contribution in [0.4, 0.5) is 0 Å². The molecule has 154 valence electrons. The predicted octanol–water partition coefficient (Wildman–Crippen LogP) is 1.50. The summed E-state index contributed by atoms with van der Waals surface area (Å²) in [5.74, 6) is 2.96. The first-order chi connectivity index (χ1) is 13.2. The third kappa shape index (κ3) is 4.65. The van der Waals surface area contributed by atoms with Crippen LogP contribution in [0, 0.1) is 0 Å². The molecule has 2 aromatic heterocycles. The number of aromatic nitrogens is 5. The van der Waals surface area contributed by atoms with Gasteiger partial charge in [0.05, 0.1) is 19.3 Å². The summed E-state index contributed by atoms with van der Waals surface area (Å²) in [6, 6.07) is 0. The van der Waals surface area contributed by atoms with Crippen molar-refractivity contribution in [2.45, 2.75) is 45.4 Å². The molecule has 0 aliphatic carbocycles. The van der Waals surface area contributed by atoms with Crippen LogP contribution in [0.3, 0.4) is 0 Å². The maximum Gasteiger partial charge on any atom is 0.194 e. The van der Waals surface area contributed by atoms with Gasteiger partial charge < -0.3 is 19.5 Å². The molecule has 2 aliphatic heterocycles. The molecule has 2 aliphatic rings. The lowest BCUT2D eigenvalue weighted by atomic mass is 10.1. The normalized spacial score (nSPS) is 19.9. The molecule has 0 amide bonds. The molecule has 1 N–H and O–H groups in total. The first kappa shape index (κ1) is 21.0. The quantitative estimate of drug-likeness (QED) is 0.389. The number of rotatable bonds is 4. The molecular formula is C18H29IN8O. The second kappa shape index (κ2) is 9.68. The van der Waals surface area contributed by atoms with Gasteiger partial charge in [0.25, 0.3) is 0 Å². The van der Waals surface area contributed by atoms with Crippen LogP contribution < -0.4 is 5.32 Å². The Balaban J connectivity index is 0.00000225. The fraction of sp³-hybridized carbons (Fsp3) is 0.667. The smallest absolute Gasteiger partial charge is 0.194 e. The minimum atomic E-state index is 0. The predicted molar refractivity (Wildman–Crippen MR) is 117 cm³/mol. The summed E-state index contributed by atoms with van der Waals surface area (Å²) >= 11 is 0. The number of ether oxygens (including phenoxy) is 1. The molecule has 9 nitrogen and oxygen atoms in total. The number of fused-ring (bicyclic) bond motifs is 1. The van der Waals surface area contributed by atoms with Gasteiger partial charge in [0, 0.05) is 44.9 Å². The van der Waals surface area contributed by atoms with Crippen LogP contribution in [0.25, 0.3) is 0 Å². The van der Waals surface area contributed by atoms with Crippen molar-refractivity contribution < 1.29 is 4.74 Å². The number of hydrogen-bond acceptors (Lipinski definition) is 5. The van der Waals surface area contributed by atoms with Crippen molar-refractivity contribution in [2.75, 3.05) is 26.2 Å². The van der Waals surface area contributed by atoms with Gasteiger partial charge in [-0.15, -0.1) is 34.2 Å². The third-order valence-electron chi connectivity index (χ3n) is 5.10. The molecule has 0 aromatic carbocycles. The molecular weight excluding hydrogens is 471 g/mol. The molecule has 0 saturated carbocycles. The largest absolute Gasteiger partial charge is 0.370 e. The Morgan fingerprint density at radius 3 is 3.00 bits per heavy atom. The zero-order chi connectivity index (χ0) is 18.6. The Bertz CT molecular complexity index is 801. The summed E-state index contributed by atoms with van der Waals surface area (Å²) in [6.07, 6.45) is 7.32. The number of morpholine rings is 1. The van der Waals surface area contributed by atoms with Crippen LogP contribution >= 0.6 is 24.0 Å². The van der Waals surface area contributed by atoms with Crippen molar-refractivity contribution in [3.05, 3.63) is 29.6 Å². The van der Waals surface area contributed by atoms with Gasteiger partial charge in [-0.1, -0.05) is 0 Å². The molecule has 1 saturated heterocycles. The molecule has 4 rings (SSSR count). The van der Waals surface area contributed by atoms with Crippen molar-refractivity contribution >= 4 is 29.9 Å². The molecule has 1 fully saturated rings. The summed E-state index contributed by atoms with van der Waals surface area (Å²) in [5, 5.41) is 16.4. The molecule has 0 spiro atoms. The fourth-order valence-electron chi connectivity index (χ4n) is 3.71. The van der Waals surface area contributed by atoms with E-state index in [1.165, 1.54) is 12.8 Å². The maximum atomic E-state index is 5.96. The molecule has 4 heterocycles. The van der Waals surface area contributed by atoms with E-state index in [0.717, 1.165) is 55.8 Å². The molecule has 10 heteroatoms. The highest BCUT2D eigenvalue weighted by atomic mass is 127. The summed E-state index contributed by atoms with van der Waals surface area (Å²) in [6.45, 7) is 6.72. The zero-order valence-electron chi connectivity index (χ0n) is 16.5. The number of nitrogens with zero attached hydrogens (tertiary/aromatic N) is 7. The van der Waals surface area contributed by atoms with Crippen LogP contribution in [-0.2, 0) is 31.3 Å². The lowest BCUT2D eigenvalue weighted by Crippen LogP contribution is -2.48. The van der Waals surface area contributed by atoms with Crippen LogP contribution in [0.1, 0.15) is 43.1 Å². The second-order valence-corrected chi connectivity index (χ2v) is 7.06. The van der Waals surface area contributed by atoms with Gasteiger partial charge in [0.2, 0.25) is 0 Å². The number of guanidine groups is 1. The van der Waals surface area contributed by atoms with E-state index in [1.54, 1.807) is 0 Å². The standard InChI is InChI=1S/C18H28N8O.HI/c1-3-19-18(20-11-17-23-22-16-6-4-5-7-26(16)17)25-8-9-27-15(13-25)14-10-21-24(2)12-14;/h10,12,15H,3-9,11,13H2,1-2H3,(H,19,20);1H. The Labute approximate surface area is 182 Å². The lowest BCUT2D eigenvalue weighted by Gasteiger charge is -2.34. The molecule has 2 aromatic rings. The van der Waals surface area contributed by atoms with E-state index >= 15 is 0 Å². The number of halogens is 1. The van der Waals surface area contributed by atoms with E-state index in [9.17, 15) is 0 Å². The molecule has 0 bridgehead atoms. The number of hydrogen-bond donors (Lipinski definition) is 1. The first-order valence-corrected chi connectivity index (χ1v) is 9.79. The van der Waals surface area contributed by atoms with Gasteiger partial charge >= 0.3 is 0 Å². The topological polar surface area (TPSA) is 85.4 Å². The van der Waals surface area contributed by atoms with E-state index in [-0.39, 0.29) is 30.1 Å². The van der Waals surface area contributed by atoms with E-state index in [4.69, 9.17) is 9.73 Å². The van der Waals surface area contributed by atoms with Gasteiger partial charge in [0.1, 0.15) is 18.5 Å². The number of aliphatic imine (C=N–C) groups is 1. The van der Waals surface area contributed by atoms with E-state index in [0.29, 0.717) is 13.2 Å². The van der Waals surface area contributed by atoms with E-state index in [2.05, 4.69) is 37.0 Å². The number of nitrogens with one attached hydrogen (secondary N) is 1.